The van der Waals surface area contributed by atoms with Gasteiger partial charge in [0, 0.05) is 6.54 Å². The zero-order valence-corrected chi connectivity index (χ0v) is 12.3. The van der Waals surface area contributed by atoms with E-state index < -0.39 is 0 Å². The van der Waals surface area contributed by atoms with Gasteiger partial charge in [0.2, 0.25) is 5.91 Å². The molecule has 3 N–H and O–H groups in total. The van der Waals surface area contributed by atoms with E-state index in [-0.39, 0.29) is 11.9 Å². The second kappa shape index (κ2) is 6.53. The average molecular weight is 255 g/mol. The first-order valence-electron chi connectivity index (χ1n) is 7.09. The largest absolute Gasteiger partial charge is 0.368 e. The van der Waals surface area contributed by atoms with Gasteiger partial charge in [0.05, 0.1) is 6.04 Å². The number of amides is 1. The number of hydrogen-bond acceptors (Lipinski definition) is 3. The van der Waals surface area contributed by atoms with Crippen molar-refractivity contribution in [1.82, 2.24) is 10.2 Å². The van der Waals surface area contributed by atoms with Crippen molar-refractivity contribution in [2.45, 2.75) is 46.6 Å². The lowest BCUT2D eigenvalue weighted by Crippen LogP contribution is -2.51. The summed E-state index contributed by atoms with van der Waals surface area (Å²) in [6.07, 6.45) is 2.45. The van der Waals surface area contributed by atoms with Gasteiger partial charge >= 0.3 is 0 Å². The molecule has 1 atom stereocenters. The molecule has 0 aromatic heterocycles. The molecule has 18 heavy (non-hydrogen) atoms. The summed E-state index contributed by atoms with van der Waals surface area (Å²) >= 11 is 0. The highest BCUT2D eigenvalue weighted by atomic mass is 16.1. The molecule has 1 unspecified atom stereocenters. The second-order valence-corrected chi connectivity index (χ2v) is 6.45. The van der Waals surface area contributed by atoms with Crippen LogP contribution in [0, 0.1) is 11.3 Å². The van der Waals surface area contributed by atoms with Crippen LogP contribution in [0.15, 0.2) is 0 Å². The monoisotopic (exact) mass is 255 g/mol. The number of likely N-dealkylation sites (tertiary alicyclic amines) is 1. The highest BCUT2D eigenvalue weighted by molar-refractivity contribution is 5.80. The maximum Gasteiger partial charge on any atom is 0.235 e. The molecular weight excluding hydrogens is 226 g/mol. The van der Waals surface area contributed by atoms with E-state index in [0.717, 1.165) is 32.1 Å². The maximum absolute atomic E-state index is 11.3. The molecule has 1 aliphatic heterocycles. The molecule has 0 aromatic rings. The Morgan fingerprint density at radius 1 is 1.39 bits per heavy atom. The summed E-state index contributed by atoms with van der Waals surface area (Å²) in [6.45, 7) is 12.6. The third-order valence-electron chi connectivity index (χ3n) is 4.05. The van der Waals surface area contributed by atoms with Gasteiger partial charge in [0.25, 0.3) is 0 Å². The van der Waals surface area contributed by atoms with Crippen LogP contribution >= 0.6 is 0 Å². The molecule has 1 aliphatic rings. The van der Waals surface area contributed by atoms with Crippen LogP contribution in [0.2, 0.25) is 0 Å². The molecule has 0 aromatic carbocycles. The molecular formula is C14H29N3O. The molecule has 106 valence electrons. The standard InChI is InChI=1S/C14H29N3O/c1-5-16-12(13(15)18)10-17-8-6-11(7-9-17)14(2,3)4/h11-12,16H,5-10H2,1-4H3,(H2,15,18). The molecule has 0 bridgehead atoms. The smallest absolute Gasteiger partial charge is 0.235 e. The van der Waals surface area contributed by atoms with Gasteiger partial charge in [-0.05, 0) is 43.8 Å². The van der Waals surface area contributed by atoms with Gasteiger partial charge < -0.3 is 16.0 Å². The minimum absolute atomic E-state index is 0.207. The zero-order valence-electron chi connectivity index (χ0n) is 12.3. The summed E-state index contributed by atoms with van der Waals surface area (Å²) in [4.78, 5) is 13.7. The number of nitrogens with zero attached hydrogens (tertiary/aromatic N) is 1. The molecule has 1 saturated heterocycles. The first-order chi connectivity index (χ1) is 8.34. The van der Waals surface area contributed by atoms with E-state index in [2.05, 4.69) is 31.0 Å². The molecule has 1 amide bonds. The Kier molecular flexibility index (Phi) is 5.60. The number of piperidine rings is 1. The summed E-state index contributed by atoms with van der Waals surface area (Å²) in [5.41, 5.74) is 5.81. The van der Waals surface area contributed by atoms with Crippen LogP contribution in [0.4, 0.5) is 0 Å². The summed E-state index contributed by atoms with van der Waals surface area (Å²) < 4.78 is 0. The number of nitrogens with one attached hydrogen (secondary N) is 1. The molecule has 0 spiro atoms. The third kappa shape index (κ3) is 4.58. The molecule has 0 saturated carbocycles. The number of rotatable bonds is 5. The third-order valence-corrected chi connectivity index (χ3v) is 4.05. The number of carbonyl (C=O) groups excluding carboxylic acids is 1. The van der Waals surface area contributed by atoms with Crippen LogP contribution < -0.4 is 11.1 Å². The van der Waals surface area contributed by atoms with Gasteiger partial charge in [-0.25, -0.2) is 0 Å². The fourth-order valence-electron chi connectivity index (χ4n) is 2.74. The lowest BCUT2D eigenvalue weighted by molar-refractivity contribution is -0.120. The molecule has 1 rings (SSSR count). The van der Waals surface area contributed by atoms with Crippen molar-refractivity contribution in [1.29, 1.82) is 0 Å². The summed E-state index contributed by atoms with van der Waals surface area (Å²) in [7, 11) is 0. The molecule has 4 heteroatoms. The van der Waals surface area contributed by atoms with Crippen molar-refractivity contribution in [3.63, 3.8) is 0 Å². The zero-order chi connectivity index (χ0) is 13.8. The Labute approximate surface area is 111 Å². The van der Waals surface area contributed by atoms with Crippen LogP contribution in [0.3, 0.4) is 0 Å². The normalized spacial score (nSPS) is 20.9. The van der Waals surface area contributed by atoms with Gasteiger partial charge in [-0.3, -0.25) is 4.79 Å². The van der Waals surface area contributed by atoms with Crippen LogP contribution in [-0.4, -0.2) is 43.0 Å². The summed E-state index contributed by atoms with van der Waals surface area (Å²) in [5, 5.41) is 3.15. The fourth-order valence-corrected chi connectivity index (χ4v) is 2.74. The first-order valence-corrected chi connectivity index (χ1v) is 7.09. The second-order valence-electron chi connectivity index (χ2n) is 6.45. The highest BCUT2D eigenvalue weighted by Crippen LogP contribution is 2.34. The topological polar surface area (TPSA) is 58.4 Å². The van der Waals surface area contributed by atoms with E-state index >= 15 is 0 Å². The lowest BCUT2D eigenvalue weighted by Gasteiger charge is -2.39. The Balaban J connectivity index is 2.41. The van der Waals surface area contributed by atoms with Crippen LogP contribution in [0.1, 0.15) is 40.5 Å². The number of primary amides is 1. The van der Waals surface area contributed by atoms with E-state index in [4.69, 9.17) is 5.73 Å². The van der Waals surface area contributed by atoms with E-state index in [0.29, 0.717) is 5.41 Å². The van der Waals surface area contributed by atoms with E-state index in [9.17, 15) is 4.79 Å². The number of nitrogens with two attached hydrogens (primary N) is 1. The van der Waals surface area contributed by atoms with Gasteiger partial charge in [-0.1, -0.05) is 27.7 Å². The van der Waals surface area contributed by atoms with Crippen molar-refractivity contribution in [3.05, 3.63) is 0 Å². The summed E-state index contributed by atoms with van der Waals surface area (Å²) in [6, 6.07) is -0.207. The van der Waals surface area contributed by atoms with Crippen molar-refractivity contribution < 1.29 is 4.79 Å². The quantitative estimate of drug-likeness (QED) is 0.776. The van der Waals surface area contributed by atoms with E-state index in [1.165, 1.54) is 12.8 Å². The van der Waals surface area contributed by atoms with Crippen molar-refractivity contribution in [2.24, 2.45) is 17.1 Å². The Morgan fingerprint density at radius 3 is 2.33 bits per heavy atom. The molecule has 1 fully saturated rings. The van der Waals surface area contributed by atoms with Gasteiger partial charge in [-0.15, -0.1) is 0 Å². The van der Waals surface area contributed by atoms with Gasteiger partial charge in [0.1, 0.15) is 0 Å². The average Bonchev–Trinajstić information content (AvgIpc) is 2.28. The van der Waals surface area contributed by atoms with Crippen molar-refractivity contribution >= 4 is 5.91 Å². The molecule has 4 nitrogen and oxygen atoms in total. The Bertz CT molecular complexity index is 265. The Hall–Kier alpha value is -0.610. The molecule has 0 aliphatic carbocycles. The Morgan fingerprint density at radius 2 is 1.94 bits per heavy atom. The number of carbonyl (C=O) groups is 1. The fraction of sp³-hybridized carbons (Fsp3) is 0.929. The highest BCUT2D eigenvalue weighted by Gasteiger charge is 2.29. The minimum Gasteiger partial charge on any atom is -0.368 e. The molecule has 0 radical (unpaired) electrons. The van der Waals surface area contributed by atoms with E-state index in [1.807, 2.05) is 6.92 Å². The predicted molar refractivity (Wildman–Crippen MR) is 75.3 cm³/mol. The number of likely N-dealkylation sites (N-methyl/N-ethyl adjacent to an activating group) is 1. The SMILES string of the molecule is CCNC(CN1CCC(C(C)(C)C)CC1)C(N)=O. The predicted octanol–water partition coefficient (Wildman–Crippen LogP) is 1.21. The van der Waals surface area contributed by atoms with Crippen molar-refractivity contribution in [2.75, 3.05) is 26.2 Å². The van der Waals surface area contributed by atoms with Crippen LogP contribution in [0.25, 0.3) is 0 Å². The number of hydrogen-bond donors (Lipinski definition) is 2. The summed E-state index contributed by atoms with van der Waals surface area (Å²) in [5.74, 6) is 0.551. The molecule has 1 heterocycles. The first kappa shape index (κ1) is 15.4. The van der Waals surface area contributed by atoms with E-state index in [1.54, 1.807) is 0 Å². The maximum atomic E-state index is 11.3. The van der Waals surface area contributed by atoms with Crippen LogP contribution in [0.5, 0.6) is 0 Å². The van der Waals surface area contributed by atoms with Gasteiger partial charge in [0.15, 0.2) is 0 Å². The van der Waals surface area contributed by atoms with Crippen LogP contribution in [-0.2, 0) is 4.79 Å². The van der Waals surface area contributed by atoms with Gasteiger partial charge in [-0.2, -0.15) is 0 Å². The van der Waals surface area contributed by atoms with Crippen molar-refractivity contribution in [3.8, 4) is 0 Å². The minimum atomic E-state index is -0.241. The lowest BCUT2D eigenvalue weighted by atomic mass is 9.75.